The summed E-state index contributed by atoms with van der Waals surface area (Å²) in [6, 6.07) is 6.47. The molecule has 0 radical (unpaired) electrons. The van der Waals surface area contributed by atoms with E-state index in [1.54, 1.807) is 6.07 Å². The van der Waals surface area contributed by atoms with Gasteiger partial charge in [0.2, 0.25) is 0 Å². The first kappa shape index (κ1) is 15.8. The summed E-state index contributed by atoms with van der Waals surface area (Å²) in [5.41, 5.74) is 1.44. The van der Waals surface area contributed by atoms with E-state index in [0.29, 0.717) is 16.5 Å². The minimum atomic E-state index is -0.305. The lowest BCUT2D eigenvalue weighted by Crippen LogP contribution is -2.42. The standard InChI is InChI=1S/C18H23FN4/c1-2-21-17(23-9-8-18(13-23)6-3-7-18)22-12-15-10-14(11-20)4-5-16(15)19/h4-5,10H,2-3,6-9,12-13H2,1H3,(H,21,22). The summed E-state index contributed by atoms with van der Waals surface area (Å²) < 4.78 is 13.9. The second-order valence-electron chi connectivity index (χ2n) is 6.61. The predicted octanol–water partition coefficient (Wildman–Crippen LogP) is 3.04. The Morgan fingerprint density at radius 2 is 2.26 bits per heavy atom. The Morgan fingerprint density at radius 3 is 2.87 bits per heavy atom. The number of aliphatic imine (C=N–C) groups is 1. The molecular formula is C18H23FN4. The third-order valence-electron chi connectivity index (χ3n) is 5.06. The maximum atomic E-state index is 13.9. The highest BCUT2D eigenvalue weighted by Crippen LogP contribution is 2.47. The van der Waals surface area contributed by atoms with Crippen LogP contribution in [-0.2, 0) is 6.54 Å². The van der Waals surface area contributed by atoms with E-state index in [0.717, 1.165) is 25.6 Å². The summed E-state index contributed by atoms with van der Waals surface area (Å²) in [5, 5.41) is 12.3. The second-order valence-corrected chi connectivity index (χ2v) is 6.61. The van der Waals surface area contributed by atoms with Crippen molar-refractivity contribution in [1.82, 2.24) is 10.2 Å². The number of likely N-dealkylation sites (tertiary alicyclic amines) is 1. The van der Waals surface area contributed by atoms with Crippen molar-refractivity contribution < 1.29 is 4.39 Å². The molecule has 0 bridgehead atoms. The first-order chi connectivity index (χ1) is 11.2. The quantitative estimate of drug-likeness (QED) is 0.689. The van der Waals surface area contributed by atoms with E-state index >= 15 is 0 Å². The molecule has 0 unspecified atom stereocenters. The molecule has 1 saturated heterocycles. The molecular weight excluding hydrogens is 291 g/mol. The van der Waals surface area contributed by atoms with Crippen LogP contribution in [0.25, 0.3) is 0 Å². The van der Waals surface area contributed by atoms with Crippen LogP contribution in [0.3, 0.4) is 0 Å². The Bertz CT molecular complexity index is 643. The molecule has 1 heterocycles. The van der Waals surface area contributed by atoms with Crippen molar-refractivity contribution in [2.45, 2.75) is 39.2 Å². The SMILES string of the molecule is CCNC(=NCc1cc(C#N)ccc1F)N1CCC2(CCC2)C1. The number of halogens is 1. The van der Waals surface area contributed by atoms with Gasteiger partial charge in [0, 0.05) is 25.2 Å². The summed E-state index contributed by atoms with van der Waals surface area (Å²) in [4.78, 5) is 6.91. The molecule has 0 amide bonds. The van der Waals surface area contributed by atoms with Crippen LogP contribution in [0.15, 0.2) is 23.2 Å². The summed E-state index contributed by atoms with van der Waals surface area (Å²) in [6.45, 7) is 5.17. The summed E-state index contributed by atoms with van der Waals surface area (Å²) in [6.07, 6.45) is 5.22. The first-order valence-corrected chi connectivity index (χ1v) is 8.37. The highest BCUT2D eigenvalue weighted by molar-refractivity contribution is 5.80. The Labute approximate surface area is 137 Å². The molecule has 1 spiro atoms. The molecule has 2 fully saturated rings. The normalized spacial score (nSPS) is 19.5. The third kappa shape index (κ3) is 3.31. The molecule has 1 aliphatic carbocycles. The Morgan fingerprint density at radius 1 is 1.43 bits per heavy atom. The van der Waals surface area contributed by atoms with Crippen molar-refractivity contribution in [3.63, 3.8) is 0 Å². The molecule has 5 heteroatoms. The van der Waals surface area contributed by atoms with Gasteiger partial charge in [-0.3, -0.25) is 0 Å². The lowest BCUT2D eigenvalue weighted by Gasteiger charge is -2.38. The number of guanidine groups is 1. The molecule has 23 heavy (non-hydrogen) atoms. The lowest BCUT2D eigenvalue weighted by atomic mass is 9.68. The molecule has 3 rings (SSSR count). The van der Waals surface area contributed by atoms with Crippen LogP contribution >= 0.6 is 0 Å². The Balaban J connectivity index is 1.73. The van der Waals surface area contributed by atoms with Gasteiger partial charge in [-0.25, -0.2) is 9.38 Å². The number of nitrogens with zero attached hydrogens (tertiary/aromatic N) is 3. The second kappa shape index (κ2) is 6.57. The zero-order chi connectivity index (χ0) is 16.3. The van der Waals surface area contributed by atoms with Gasteiger partial charge in [0.05, 0.1) is 18.2 Å². The number of hydrogen-bond donors (Lipinski definition) is 1. The monoisotopic (exact) mass is 314 g/mol. The summed E-state index contributed by atoms with van der Waals surface area (Å²) in [5.74, 6) is 0.554. The van der Waals surface area contributed by atoms with E-state index in [2.05, 4.69) is 15.2 Å². The van der Waals surface area contributed by atoms with E-state index in [1.165, 1.54) is 37.8 Å². The number of hydrogen-bond acceptors (Lipinski definition) is 2. The topological polar surface area (TPSA) is 51.4 Å². The van der Waals surface area contributed by atoms with Crippen molar-refractivity contribution in [2.24, 2.45) is 10.4 Å². The van der Waals surface area contributed by atoms with Gasteiger partial charge < -0.3 is 10.2 Å². The van der Waals surface area contributed by atoms with Gasteiger partial charge in [-0.15, -0.1) is 0 Å². The van der Waals surface area contributed by atoms with Crippen molar-refractivity contribution in [2.75, 3.05) is 19.6 Å². The van der Waals surface area contributed by atoms with Crippen LogP contribution in [0.1, 0.15) is 43.7 Å². The average molecular weight is 314 g/mol. The zero-order valence-electron chi connectivity index (χ0n) is 13.6. The van der Waals surface area contributed by atoms with Crippen molar-refractivity contribution in [1.29, 1.82) is 5.26 Å². The van der Waals surface area contributed by atoms with Gasteiger partial charge in [0.25, 0.3) is 0 Å². The highest BCUT2D eigenvalue weighted by Gasteiger charge is 2.43. The van der Waals surface area contributed by atoms with Crippen LogP contribution in [0.2, 0.25) is 0 Å². The van der Waals surface area contributed by atoms with E-state index in [-0.39, 0.29) is 12.4 Å². The fraction of sp³-hybridized carbons (Fsp3) is 0.556. The summed E-state index contributed by atoms with van der Waals surface area (Å²) >= 11 is 0. The molecule has 0 aromatic heterocycles. The van der Waals surface area contributed by atoms with Crippen molar-refractivity contribution in [3.8, 4) is 6.07 Å². The Kier molecular flexibility index (Phi) is 4.51. The molecule has 1 aliphatic heterocycles. The minimum absolute atomic E-state index is 0.257. The Hall–Kier alpha value is -2.09. The van der Waals surface area contributed by atoms with Crippen LogP contribution in [0.4, 0.5) is 4.39 Å². The van der Waals surface area contributed by atoms with E-state index in [1.807, 2.05) is 13.0 Å². The molecule has 1 aromatic rings. The smallest absolute Gasteiger partial charge is 0.194 e. The minimum Gasteiger partial charge on any atom is -0.357 e. The number of nitrogens with one attached hydrogen (secondary N) is 1. The van der Waals surface area contributed by atoms with Gasteiger partial charge >= 0.3 is 0 Å². The van der Waals surface area contributed by atoms with Crippen LogP contribution in [-0.4, -0.2) is 30.5 Å². The fourth-order valence-corrected chi connectivity index (χ4v) is 3.55. The van der Waals surface area contributed by atoms with Gasteiger partial charge in [0.15, 0.2) is 5.96 Å². The van der Waals surface area contributed by atoms with Gasteiger partial charge in [-0.2, -0.15) is 5.26 Å². The number of benzene rings is 1. The first-order valence-electron chi connectivity index (χ1n) is 8.37. The van der Waals surface area contributed by atoms with E-state index in [9.17, 15) is 4.39 Å². The summed E-state index contributed by atoms with van der Waals surface area (Å²) in [7, 11) is 0. The lowest BCUT2D eigenvalue weighted by molar-refractivity contribution is 0.151. The molecule has 0 atom stereocenters. The van der Waals surface area contributed by atoms with Gasteiger partial charge in [0.1, 0.15) is 5.82 Å². The zero-order valence-corrected chi connectivity index (χ0v) is 13.6. The molecule has 2 aliphatic rings. The molecule has 1 N–H and O–H groups in total. The largest absolute Gasteiger partial charge is 0.357 e. The highest BCUT2D eigenvalue weighted by atomic mass is 19.1. The maximum Gasteiger partial charge on any atom is 0.194 e. The molecule has 1 aromatic carbocycles. The predicted molar refractivity (Wildman–Crippen MR) is 88.4 cm³/mol. The fourth-order valence-electron chi connectivity index (χ4n) is 3.55. The molecule has 122 valence electrons. The van der Waals surface area contributed by atoms with Crippen molar-refractivity contribution in [3.05, 3.63) is 35.1 Å². The average Bonchev–Trinajstić information content (AvgIpc) is 2.98. The van der Waals surface area contributed by atoms with Crippen molar-refractivity contribution >= 4 is 5.96 Å². The number of rotatable bonds is 3. The molecule has 1 saturated carbocycles. The van der Waals surface area contributed by atoms with Crippen LogP contribution in [0.5, 0.6) is 0 Å². The van der Waals surface area contributed by atoms with Gasteiger partial charge in [-0.1, -0.05) is 6.42 Å². The van der Waals surface area contributed by atoms with Crippen LogP contribution in [0, 0.1) is 22.6 Å². The van der Waals surface area contributed by atoms with E-state index in [4.69, 9.17) is 5.26 Å². The van der Waals surface area contributed by atoms with E-state index < -0.39 is 0 Å². The van der Waals surface area contributed by atoms with Crippen LogP contribution < -0.4 is 5.32 Å². The maximum absolute atomic E-state index is 13.9. The third-order valence-corrected chi connectivity index (χ3v) is 5.06. The number of nitriles is 1. The van der Waals surface area contributed by atoms with Gasteiger partial charge in [-0.05, 0) is 49.8 Å². The molecule has 4 nitrogen and oxygen atoms in total.